The molecule has 0 aromatic heterocycles. The van der Waals surface area contributed by atoms with Crippen LogP contribution in [0.5, 0.6) is 11.5 Å². The molecule has 1 unspecified atom stereocenters. The van der Waals surface area contributed by atoms with Crippen LogP contribution >= 0.6 is 0 Å². The van der Waals surface area contributed by atoms with Gasteiger partial charge in [-0.05, 0) is 53.8 Å². The summed E-state index contributed by atoms with van der Waals surface area (Å²) in [5.41, 5.74) is 6.03. The van der Waals surface area contributed by atoms with Crippen LogP contribution in [0.2, 0.25) is 0 Å². The van der Waals surface area contributed by atoms with Crippen molar-refractivity contribution in [2.24, 2.45) is 0 Å². The predicted molar refractivity (Wildman–Crippen MR) is 126 cm³/mol. The van der Waals surface area contributed by atoms with Gasteiger partial charge in [0.05, 0.1) is 12.6 Å². The van der Waals surface area contributed by atoms with Crippen LogP contribution in [-0.4, -0.2) is 31.0 Å². The van der Waals surface area contributed by atoms with Crippen molar-refractivity contribution < 1.29 is 14.6 Å². The Bertz CT molecular complexity index is 1010. The van der Waals surface area contributed by atoms with Crippen LogP contribution in [0.25, 0.3) is 17.2 Å². The summed E-state index contributed by atoms with van der Waals surface area (Å²) < 4.78 is 11.6. The molecule has 2 N–H and O–H groups in total. The van der Waals surface area contributed by atoms with Crippen LogP contribution in [0, 0.1) is 0 Å². The number of allylic oxidation sites excluding steroid dienone is 1. The quantitative estimate of drug-likeness (QED) is 0.503. The maximum atomic E-state index is 10.6. The van der Waals surface area contributed by atoms with Crippen LogP contribution in [0.15, 0.2) is 72.8 Å². The monoisotopic (exact) mass is 415 g/mol. The van der Waals surface area contributed by atoms with Crippen molar-refractivity contribution in [2.45, 2.75) is 26.0 Å². The molecule has 1 aliphatic rings. The molecule has 0 aliphatic heterocycles. The maximum absolute atomic E-state index is 10.6. The van der Waals surface area contributed by atoms with Crippen molar-refractivity contribution in [3.05, 3.63) is 89.5 Å². The molecule has 0 amide bonds. The lowest BCUT2D eigenvalue weighted by molar-refractivity contribution is 0.102. The number of hydrogen-bond donors (Lipinski definition) is 2. The van der Waals surface area contributed by atoms with Gasteiger partial charge in [0.1, 0.15) is 12.7 Å². The number of nitrogens with one attached hydrogen (secondary N) is 1. The number of fused-ring (bicyclic) bond motifs is 3. The van der Waals surface area contributed by atoms with Gasteiger partial charge in [0, 0.05) is 6.54 Å². The average molecular weight is 416 g/mol. The lowest BCUT2D eigenvalue weighted by Crippen LogP contribution is -2.33. The molecule has 4 rings (SSSR count). The van der Waals surface area contributed by atoms with Crippen LogP contribution in [0.3, 0.4) is 0 Å². The normalized spacial score (nSPS) is 13.8. The van der Waals surface area contributed by atoms with E-state index in [0.717, 1.165) is 5.56 Å². The number of aliphatic hydroxyl groups excluding tert-OH is 1. The van der Waals surface area contributed by atoms with Gasteiger partial charge in [-0.3, -0.25) is 0 Å². The largest absolute Gasteiger partial charge is 0.490 e. The van der Waals surface area contributed by atoms with E-state index in [2.05, 4.69) is 53.8 Å². The number of benzene rings is 3. The summed E-state index contributed by atoms with van der Waals surface area (Å²) in [5.74, 6) is 1.34. The number of hydrogen-bond acceptors (Lipinski definition) is 4. The van der Waals surface area contributed by atoms with E-state index in [1.165, 1.54) is 22.3 Å². The van der Waals surface area contributed by atoms with Crippen LogP contribution < -0.4 is 14.8 Å². The molecule has 0 bridgehead atoms. The maximum Gasteiger partial charge on any atom is 0.161 e. The van der Waals surface area contributed by atoms with E-state index in [1.54, 1.807) is 0 Å². The lowest BCUT2D eigenvalue weighted by Gasteiger charge is -2.20. The van der Waals surface area contributed by atoms with Gasteiger partial charge in [-0.15, -0.1) is 0 Å². The molecule has 0 radical (unpaired) electrons. The molecule has 4 nitrogen and oxygen atoms in total. The third-order valence-electron chi connectivity index (χ3n) is 5.45. The minimum atomic E-state index is -0.653. The molecule has 1 aliphatic carbocycles. The van der Waals surface area contributed by atoms with Gasteiger partial charge < -0.3 is 19.9 Å². The minimum absolute atomic E-state index is 0.0686. The fourth-order valence-electron chi connectivity index (χ4n) is 4.08. The molecule has 4 heteroatoms. The second kappa shape index (κ2) is 9.82. The van der Waals surface area contributed by atoms with E-state index in [4.69, 9.17) is 9.47 Å². The van der Waals surface area contributed by atoms with Crippen molar-refractivity contribution in [3.63, 3.8) is 0 Å². The Balaban J connectivity index is 1.41. The van der Waals surface area contributed by atoms with Crippen LogP contribution in [0.4, 0.5) is 0 Å². The minimum Gasteiger partial charge on any atom is -0.490 e. The number of ether oxygens (including phenoxy) is 2. The molecule has 0 spiro atoms. The lowest BCUT2D eigenvalue weighted by atomic mass is 10.1. The number of rotatable bonds is 9. The highest BCUT2D eigenvalue weighted by Crippen LogP contribution is 2.42. The Labute approximate surface area is 184 Å². The molecule has 0 saturated heterocycles. The van der Waals surface area contributed by atoms with Gasteiger partial charge in [0.25, 0.3) is 0 Å². The van der Waals surface area contributed by atoms with E-state index in [9.17, 15) is 5.11 Å². The SMILES string of the molecule is C/C=C/c1ccc(OCC)c(OCC(O)CNC2c3ccccc3-c3ccccc32)c1. The first-order chi connectivity index (χ1) is 15.2. The molecular weight excluding hydrogens is 386 g/mol. The van der Waals surface area contributed by atoms with Crippen molar-refractivity contribution in [1.29, 1.82) is 0 Å². The molecule has 160 valence electrons. The molecule has 31 heavy (non-hydrogen) atoms. The van der Waals surface area contributed by atoms with Gasteiger partial charge in [0.15, 0.2) is 11.5 Å². The zero-order valence-corrected chi connectivity index (χ0v) is 18.0. The third-order valence-corrected chi connectivity index (χ3v) is 5.45. The smallest absolute Gasteiger partial charge is 0.161 e. The average Bonchev–Trinajstić information content (AvgIpc) is 3.12. The first-order valence-corrected chi connectivity index (χ1v) is 10.8. The summed E-state index contributed by atoms with van der Waals surface area (Å²) in [5, 5.41) is 14.1. The van der Waals surface area contributed by atoms with E-state index in [1.807, 2.05) is 44.2 Å². The topological polar surface area (TPSA) is 50.7 Å². The summed E-state index contributed by atoms with van der Waals surface area (Å²) in [4.78, 5) is 0. The summed E-state index contributed by atoms with van der Waals surface area (Å²) in [6.45, 7) is 5.09. The van der Waals surface area contributed by atoms with Gasteiger partial charge in [-0.2, -0.15) is 0 Å². The third kappa shape index (κ3) is 4.66. The summed E-state index contributed by atoms with van der Waals surface area (Å²) in [7, 11) is 0. The van der Waals surface area contributed by atoms with Gasteiger partial charge >= 0.3 is 0 Å². The predicted octanol–water partition coefficient (Wildman–Crippen LogP) is 5.22. The number of aliphatic hydroxyl groups is 1. The Morgan fingerprint density at radius 1 is 0.935 bits per heavy atom. The highest BCUT2D eigenvalue weighted by molar-refractivity contribution is 5.78. The van der Waals surface area contributed by atoms with E-state index in [-0.39, 0.29) is 12.6 Å². The van der Waals surface area contributed by atoms with Crippen molar-refractivity contribution in [1.82, 2.24) is 5.32 Å². The molecule has 0 heterocycles. The Kier molecular flexibility index (Phi) is 6.70. The van der Waals surface area contributed by atoms with E-state index in [0.29, 0.717) is 24.7 Å². The van der Waals surface area contributed by atoms with Crippen LogP contribution in [-0.2, 0) is 0 Å². The van der Waals surface area contributed by atoms with Gasteiger partial charge in [0.2, 0.25) is 0 Å². The van der Waals surface area contributed by atoms with Gasteiger partial charge in [-0.1, -0.05) is 66.7 Å². The highest BCUT2D eigenvalue weighted by atomic mass is 16.5. The van der Waals surface area contributed by atoms with E-state index >= 15 is 0 Å². The second-order valence-corrected chi connectivity index (χ2v) is 7.62. The first kappa shape index (κ1) is 21.2. The zero-order valence-electron chi connectivity index (χ0n) is 18.0. The summed E-state index contributed by atoms with van der Waals surface area (Å²) in [6, 6.07) is 22.8. The molecule has 0 saturated carbocycles. The fourth-order valence-corrected chi connectivity index (χ4v) is 4.08. The summed E-state index contributed by atoms with van der Waals surface area (Å²) >= 11 is 0. The molecule has 1 atom stereocenters. The van der Waals surface area contributed by atoms with Gasteiger partial charge in [-0.25, -0.2) is 0 Å². The highest BCUT2D eigenvalue weighted by Gasteiger charge is 2.28. The first-order valence-electron chi connectivity index (χ1n) is 10.8. The Morgan fingerprint density at radius 2 is 1.61 bits per heavy atom. The zero-order chi connectivity index (χ0) is 21.6. The second-order valence-electron chi connectivity index (χ2n) is 7.62. The fraction of sp³-hybridized carbons (Fsp3) is 0.259. The molecule has 0 fully saturated rings. The standard InChI is InChI=1S/C27H29NO3/c1-3-9-19-14-15-25(30-4-2)26(16-19)31-18-20(29)17-28-27-23-12-7-5-10-21(23)22-11-6-8-13-24(22)27/h3,5-16,20,27-29H,4,17-18H2,1-2H3/b9-3+. The Hall–Kier alpha value is -3.08. The summed E-state index contributed by atoms with van der Waals surface area (Å²) in [6.07, 6.45) is 3.34. The van der Waals surface area contributed by atoms with Crippen molar-refractivity contribution >= 4 is 6.08 Å². The Morgan fingerprint density at radius 3 is 2.26 bits per heavy atom. The van der Waals surface area contributed by atoms with E-state index < -0.39 is 6.10 Å². The molecule has 3 aromatic carbocycles. The van der Waals surface area contributed by atoms with Crippen molar-refractivity contribution in [2.75, 3.05) is 19.8 Å². The van der Waals surface area contributed by atoms with Crippen molar-refractivity contribution in [3.8, 4) is 22.6 Å². The molecular formula is C27H29NO3. The molecule has 3 aromatic rings. The van der Waals surface area contributed by atoms with Crippen LogP contribution in [0.1, 0.15) is 36.6 Å².